The molecule has 0 amide bonds. The van der Waals surface area contributed by atoms with Crippen molar-refractivity contribution in [2.75, 3.05) is 18.4 Å². The fraction of sp³-hybridized carbons (Fsp3) is 0.889. The van der Waals surface area contributed by atoms with Crippen LogP contribution >= 0.6 is 0 Å². The molecule has 0 saturated heterocycles. The third-order valence-corrected chi connectivity index (χ3v) is 3.34. The zero-order valence-electron chi connectivity index (χ0n) is 9.11. The SMILES string of the molecule is Cn1nnnc1NCC1(CN)CCCC1. The molecule has 2 rings (SSSR count). The molecule has 15 heavy (non-hydrogen) atoms. The highest BCUT2D eigenvalue weighted by Crippen LogP contribution is 2.36. The molecule has 1 saturated carbocycles. The van der Waals surface area contributed by atoms with E-state index in [1.54, 1.807) is 4.68 Å². The number of tetrazole rings is 1. The van der Waals surface area contributed by atoms with Crippen LogP contribution in [0, 0.1) is 5.41 Å². The molecule has 1 aromatic rings. The van der Waals surface area contributed by atoms with Gasteiger partial charge in [-0.15, -0.1) is 0 Å². The van der Waals surface area contributed by atoms with Crippen LogP contribution in [0.15, 0.2) is 0 Å². The molecule has 0 aliphatic heterocycles. The molecule has 0 aromatic carbocycles. The molecule has 0 unspecified atom stereocenters. The van der Waals surface area contributed by atoms with Crippen molar-refractivity contribution >= 4 is 5.95 Å². The Morgan fingerprint density at radius 2 is 2.20 bits per heavy atom. The molecule has 84 valence electrons. The van der Waals surface area contributed by atoms with Crippen LogP contribution in [0.1, 0.15) is 25.7 Å². The normalized spacial score (nSPS) is 19.3. The average Bonchev–Trinajstić information content (AvgIpc) is 2.85. The van der Waals surface area contributed by atoms with E-state index in [-0.39, 0.29) is 5.41 Å². The second kappa shape index (κ2) is 4.14. The summed E-state index contributed by atoms with van der Waals surface area (Å²) in [5.41, 5.74) is 6.10. The molecule has 1 aliphatic carbocycles. The quantitative estimate of drug-likeness (QED) is 0.738. The minimum atomic E-state index is 0.256. The van der Waals surface area contributed by atoms with Crippen molar-refractivity contribution in [2.24, 2.45) is 18.2 Å². The molecule has 0 spiro atoms. The number of nitrogens with two attached hydrogens (primary N) is 1. The third kappa shape index (κ3) is 2.09. The van der Waals surface area contributed by atoms with Gasteiger partial charge in [0, 0.05) is 13.6 Å². The predicted octanol–water partition coefficient (Wildman–Crippen LogP) is 0.141. The van der Waals surface area contributed by atoms with Gasteiger partial charge in [0.15, 0.2) is 0 Å². The van der Waals surface area contributed by atoms with Gasteiger partial charge in [-0.1, -0.05) is 17.9 Å². The first kappa shape index (κ1) is 10.4. The first-order valence-corrected chi connectivity index (χ1v) is 5.42. The standard InChI is InChI=1S/C9H18N6/c1-15-8(12-13-14-15)11-7-9(6-10)4-2-3-5-9/h2-7,10H2,1H3,(H,11,12,14). The van der Waals surface area contributed by atoms with Crippen molar-refractivity contribution in [3.63, 3.8) is 0 Å². The summed E-state index contributed by atoms with van der Waals surface area (Å²) in [7, 11) is 1.83. The Labute approximate surface area is 89.2 Å². The number of rotatable bonds is 4. The highest BCUT2D eigenvalue weighted by atomic mass is 15.6. The lowest BCUT2D eigenvalue weighted by molar-refractivity contribution is 0.331. The lowest BCUT2D eigenvalue weighted by Crippen LogP contribution is -2.35. The summed E-state index contributed by atoms with van der Waals surface area (Å²) in [5.74, 6) is 0.717. The molecule has 3 N–H and O–H groups in total. The van der Waals surface area contributed by atoms with Gasteiger partial charge in [-0.25, -0.2) is 4.68 Å². The minimum Gasteiger partial charge on any atom is -0.352 e. The Bertz CT molecular complexity index is 314. The van der Waals surface area contributed by atoms with E-state index in [1.807, 2.05) is 7.05 Å². The summed E-state index contributed by atoms with van der Waals surface area (Å²) in [6.07, 6.45) is 5.00. The molecule has 0 atom stereocenters. The first-order valence-electron chi connectivity index (χ1n) is 5.42. The van der Waals surface area contributed by atoms with Gasteiger partial charge in [0.05, 0.1) is 0 Å². The minimum absolute atomic E-state index is 0.256. The van der Waals surface area contributed by atoms with Crippen molar-refractivity contribution < 1.29 is 0 Å². The number of aromatic nitrogens is 4. The molecular weight excluding hydrogens is 192 g/mol. The maximum absolute atomic E-state index is 5.85. The zero-order chi connectivity index (χ0) is 10.7. The molecule has 1 aliphatic rings. The van der Waals surface area contributed by atoms with E-state index in [9.17, 15) is 0 Å². The fourth-order valence-corrected chi connectivity index (χ4v) is 2.22. The number of nitrogens with one attached hydrogen (secondary N) is 1. The van der Waals surface area contributed by atoms with Gasteiger partial charge in [0.1, 0.15) is 0 Å². The number of hydrogen-bond donors (Lipinski definition) is 2. The van der Waals surface area contributed by atoms with Gasteiger partial charge in [-0.3, -0.25) is 0 Å². The molecule has 1 heterocycles. The van der Waals surface area contributed by atoms with Crippen molar-refractivity contribution in [1.29, 1.82) is 0 Å². The van der Waals surface area contributed by atoms with Crippen LogP contribution in [0.2, 0.25) is 0 Å². The van der Waals surface area contributed by atoms with E-state index in [0.29, 0.717) is 0 Å². The van der Waals surface area contributed by atoms with Crippen LogP contribution in [-0.4, -0.2) is 33.3 Å². The largest absolute Gasteiger partial charge is 0.352 e. The van der Waals surface area contributed by atoms with Gasteiger partial charge in [-0.05, 0) is 35.2 Å². The molecule has 0 radical (unpaired) electrons. The van der Waals surface area contributed by atoms with Gasteiger partial charge >= 0.3 is 0 Å². The lowest BCUT2D eigenvalue weighted by atomic mass is 9.86. The van der Waals surface area contributed by atoms with Crippen molar-refractivity contribution in [2.45, 2.75) is 25.7 Å². The van der Waals surface area contributed by atoms with E-state index in [2.05, 4.69) is 20.8 Å². The van der Waals surface area contributed by atoms with Crippen molar-refractivity contribution in [3.05, 3.63) is 0 Å². The van der Waals surface area contributed by atoms with E-state index in [1.165, 1.54) is 25.7 Å². The second-order valence-electron chi connectivity index (χ2n) is 4.39. The van der Waals surface area contributed by atoms with Gasteiger partial charge in [-0.2, -0.15) is 0 Å². The summed E-state index contributed by atoms with van der Waals surface area (Å²) >= 11 is 0. The fourth-order valence-electron chi connectivity index (χ4n) is 2.22. The van der Waals surface area contributed by atoms with Crippen LogP contribution in [0.3, 0.4) is 0 Å². The smallest absolute Gasteiger partial charge is 0.242 e. The molecule has 1 fully saturated rings. The number of nitrogens with zero attached hydrogens (tertiary/aromatic N) is 4. The average molecular weight is 210 g/mol. The van der Waals surface area contributed by atoms with Gasteiger partial charge in [0.25, 0.3) is 0 Å². The first-order chi connectivity index (χ1) is 7.26. The maximum Gasteiger partial charge on any atom is 0.242 e. The van der Waals surface area contributed by atoms with E-state index < -0.39 is 0 Å². The number of hydrogen-bond acceptors (Lipinski definition) is 5. The second-order valence-corrected chi connectivity index (χ2v) is 4.39. The number of aryl methyl sites for hydroxylation is 1. The molecule has 6 nitrogen and oxygen atoms in total. The Balaban J connectivity index is 1.94. The van der Waals surface area contributed by atoms with Crippen molar-refractivity contribution in [3.8, 4) is 0 Å². The van der Waals surface area contributed by atoms with E-state index in [4.69, 9.17) is 5.73 Å². The van der Waals surface area contributed by atoms with Gasteiger partial charge in [0.2, 0.25) is 5.95 Å². The van der Waals surface area contributed by atoms with Gasteiger partial charge < -0.3 is 11.1 Å². The highest BCUT2D eigenvalue weighted by Gasteiger charge is 2.32. The third-order valence-electron chi connectivity index (χ3n) is 3.34. The number of anilines is 1. The Morgan fingerprint density at radius 3 is 2.73 bits per heavy atom. The summed E-state index contributed by atoms with van der Waals surface area (Å²) < 4.78 is 1.64. The molecule has 6 heteroatoms. The van der Waals surface area contributed by atoms with E-state index >= 15 is 0 Å². The van der Waals surface area contributed by atoms with Crippen LogP contribution in [-0.2, 0) is 7.05 Å². The van der Waals surface area contributed by atoms with Crippen LogP contribution in [0.5, 0.6) is 0 Å². The maximum atomic E-state index is 5.85. The van der Waals surface area contributed by atoms with E-state index in [0.717, 1.165) is 19.0 Å². The summed E-state index contributed by atoms with van der Waals surface area (Å²) in [4.78, 5) is 0. The monoisotopic (exact) mass is 210 g/mol. The van der Waals surface area contributed by atoms with Crippen LogP contribution in [0.25, 0.3) is 0 Å². The van der Waals surface area contributed by atoms with Crippen LogP contribution < -0.4 is 11.1 Å². The molecule has 0 bridgehead atoms. The summed E-state index contributed by atoms with van der Waals surface area (Å²) in [6.45, 7) is 1.61. The molecular formula is C9H18N6. The van der Waals surface area contributed by atoms with Crippen LogP contribution in [0.4, 0.5) is 5.95 Å². The summed E-state index contributed by atoms with van der Waals surface area (Å²) in [5, 5.41) is 14.5. The highest BCUT2D eigenvalue weighted by molar-refractivity contribution is 5.22. The Kier molecular flexibility index (Phi) is 2.86. The molecule has 1 aromatic heterocycles. The van der Waals surface area contributed by atoms with Crippen molar-refractivity contribution in [1.82, 2.24) is 20.2 Å². The summed E-state index contributed by atoms with van der Waals surface area (Å²) in [6, 6.07) is 0. The predicted molar refractivity (Wildman–Crippen MR) is 57.2 cm³/mol. The zero-order valence-corrected chi connectivity index (χ0v) is 9.11. The topological polar surface area (TPSA) is 81.7 Å². The Hall–Kier alpha value is -1.17. The Morgan fingerprint density at radius 1 is 1.47 bits per heavy atom. The lowest BCUT2D eigenvalue weighted by Gasteiger charge is -2.27.